The highest BCUT2D eigenvalue weighted by atomic mass is 16.5. The number of aliphatic hydroxyl groups is 1. The number of methoxy groups -OCH3 is 1. The van der Waals surface area contributed by atoms with E-state index in [1.807, 2.05) is 34.7 Å². The van der Waals surface area contributed by atoms with Gasteiger partial charge < -0.3 is 20.5 Å². The van der Waals surface area contributed by atoms with Gasteiger partial charge in [-0.25, -0.2) is 9.50 Å². The Labute approximate surface area is 198 Å². The van der Waals surface area contributed by atoms with Crippen LogP contribution < -0.4 is 10.6 Å². The highest BCUT2D eigenvalue weighted by Gasteiger charge is 2.26. The van der Waals surface area contributed by atoms with Crippen molar-refractivity contribution in [1.82, 2.24) is 29.7 Å². The summed E-state index contributed by atoms with van der Waals surface area (Å²) < 4.78 is 9.13. The number of hydrogen-bond donors (Lipinski definition) is 3. The van der Waals surface area contributed by atoms with Gasteiger partial charge in [0.1, 0.15) is 0 Å². The van der Waals surface area contributed by atoms with Gasteiger partial charge in [-0.15, -0.1) is 5.10 Å². The van der Waals surface area contributed by atoms with E-state index in [1.54, 1.807) is 7.11 Å². The number of anilines is 1. The highest BCUT2D eigenvalue weighted by Crippen LogP contribution is 2.37. The van der Waals surface area contributed by atoms with E-state index in [0.717, 1.165) is 54.4 Å². The molecule has 2 aliphatic rings. The Morgan fingerprint density at radius 3 is 2.82 bits per heavy atom. The Morgan fingerprint density at radius 1 is 1.26 bits per heavy atom. The summed E-state index contributed by atoms with van der Waals surface area (Å²) in [4.78, 5) is 16.1. The molecule has 0 bridgehead atoms. The lowest BCUT2D eigenvalue weighted by Crippen LogP contribution is -2.29. The zero-order valence-electron chi connectivity index (χ0n) is 19.8. The number of nitrogens with one attached hydrogen (secondary N) is 2. The molecule has 10 heteroatoms. The standard InChI is InChI=1S/C24H33N7O3/c1-15(14-34-2)27-24-25-11-22-20(9-21(31(22)29-24)16-3-6-19(32)7-4-16)17-10-26-30(12-17)13-18-5-8-23(33)28-18/h9-12,15-16,18-19,32H,3-8,13-14H2,1-2H3,(H,27,29)(H,28,33)/t15-,16?,18-,19?/m0/s1. The molecule has 0 spiro atoms. The number of nitrogens with zero attached hydrogens (tertiary/aromatic N) is 5. The van der Waals surface area contributed by atoms with E-state index in [4.69, 9.17) is 9.84 Å². The molecule has 3 aromatic heterocycles. The maximum atomic E-state index is 11.5. The fourth-order valence-electron chi connectivity index (χ4n) is 5.13. The first-order valence-corrected chi connectivity index (χ1v) is 12.1. The van der Waals surface area contributed by atoms with Crippen molar-refractivity contribution >= 4 is 17.4 Å². The van der Waals surface area contributed by atoms with Gasteiger partial charge in [0.15, 0.2) is 0 Å². The van der Waals surface area contributed by atoms with Gasteiger partial charge >= 0.3 is 0 Å². The van der Waals surface area contributed by atoms with Crippen LogP contribution in [0.5, 0.6) is 0 Å². The van der Waals surface area contributed by atoms with Gasteiger partial charge in [-0.2, -0.15) is 5.10 Å². The molecular weight excluding hydrogens is 434 g/mol. The zero-order valence-corrected chi connectivity index (χ0v) is 19.8. The summed E-state index contributed by atoms with van der Waals surface area (Å²) in [5.41, 5.74) is 4.11. The minimum Gasteiger partial charge on any atom is -0.393 e. The number of hydrogen-bond acceptors (Lipinski definition) is 7. The molecule has 5 rings (SSSR count). The third-order valence-electron chi connectivity index (χ3n) is 6.89. The van der Waals surface area contributed by atoms with Crippen LogP contribution >= 0.6 is 0 Å². The number of rotatable bonds is 8. The van der Waals surface area contributed by atoms with E-state index in [2.05, 4.69) is 26.8 Å². The van der Waals surface area contributed by atoms with E-state index in [0.29, 0.717) is 31.4 Å². The largest absolute Gasteiger partial charge is 0.393 e. The van der Waals surface area contributed by atoms with Crippen molar-refractivity contribution in [3.8, 4) is 11.1 Å². The maximum absolute atomic E-state index is 11.5. The van der Waals surface area contributed by atoms with Crippen LogP contribution in [0.3, 0.4) is 0 Å². The molecule has 182 valence electrons. The lowest BCUT2D eigenvalue weighted by Gasteiger charge is -2.25. The third kappa shape index (κ3) is 4.78. The van der Waals surface area contributed by atoms with Crippen molar-refractivity contribution in [2.75, 3.05) is 19.0 Å². The number of amides is 1. The average molecular weight is 468 g/mol. The molecule has 4 heterocycles. The van der Waals surface area contributed by atoms with Gasteiger partial charge in [0, 0.05) is 54.5 Å². The van der Waals surface area contributed by atoms with Gasteiger partial charge in [-0.3, -0.25) is 9.48 Å². The monoisotopic (exact) mass is 467 g/mol. The van der Waals surface area contributed by atoms with E-state index in [9.17, 15) is 9.90 Å². The fourth-order valence-corrected chi connectivity index (χ4v) is 5.13. The van der Waals surface area contributed by atoms with Gasteiger partial charge in [0.2, 0.25) is 11.9 Å². The lowest BCUT2D eigenvalue weighted by atomic mass is 9.85. The number of carbonyl (C=O) groups excluding carboxylic acids is 1. The predicted octanol–water partition coefficient (Wildman–Crippen LogP) is 2.34. The molecule has 3 N–H and O–H groups in total. The highest BCUT2D eigenvalue weighted by molar-refractivity contribution is 5.81. The van der Waals surface area contributed by atoms with Crippen LogP contribution in [0.15, 0.2) is 24.7 Å². The number of aliphatic hydroxyl groups excluding tert-OH is 1. The summed E-state index contributed by atoms with van der Waals surface area (Å²) in [6.45, 7) is 3.25. The normalized spacial score (nSPS) is 23.9. The van der Waals surface area contributed by atoms with Gasteiger partial charge in [-0.05, 0) is 45.1 Å². The van der Waals surface area contributed by atoms with Crippen molar-refractivity contribution in [1.29, 1.82) is 0 Å². The Morgan fingerprint density at radius 2 is 2.09 bits per heavy atom. The molecule has 34 heavy (non-hydrogen) atoms. The second-order valence-electron chi connectivity index (χ2n) is 9.62. The molecule has 0 aromatic carbocycles. The molecule has 0 unspecified atom stereocenters. The summed E-state index contributed by atoms with van der Waals surface area (Å²) in [6, 6.07) is 2.41. The predicted molar refractivity (Wildman–Crippen MR) is 128 cm³/mol. The minimum atomic E-state index is -0.210. The first-order chi connectivity index (χ1) is 16.5. The summed E-state index contributed by atoms with van der Waals surface area (Å²) in [7, 11) is 1.68. The molecule has 1 aliphatic carbocycles. The molecule has 1 saturated carbocycles. The topological polar surface area (TPSA) is 119 Å². The third-order valence-corrected chi connectivity index (χ3v) is 6.89. The minimum absolute atomic E-state index is 0.0834. The molecular formula is C24H33N7O3. The molecule has 1 aliphatic heterocycles. The second-order valence-corrected chi connectivity index (χ2v) is 9.62. The van der Waals surface area contributed by atoms with Crippen LogP contribution in [0.25, 0.3) is 16.6 Å². The van der Waals surface area contributed by atoms with Crippen molar-refractivity contribution in [2.45, 2.75) is 76.1 Å². The van der Waals surface area contributed by atoms with Crippen molar-refractivity contribution < 1.29 is 14.6 Å². The van der Waals surface area contributed by atoms with Gasteiger partial charge in [-0.1, -0.05) is 0 Å². The zero-order chi connectivity index (χ0) is 23.7. The Kier molecular flexibility index (Phi) is 6.51. The van der Waals surface area contributed by atoms with Crippen LogP contribution in [0, 0.1) is 0 Å². The summed E-state index contributed by atoms with van der Waals surface area (Å²) in [6.07, 6.45) is 10.4. The Bertz CT molecular complexity index is 1150. The van der Waals surface area contributed by atoms with Crippen LogP contribution in [0.1, 0.15) is 57.1 Å². The quantitative estimate of drug-likeness (QED) is 0.465. The summed E-state index contributed by atoms with van der Waals surface area (Å²) >= 11 is 0. The van der Waals surface area contributed by atoms with Crippen molar-refractivity contribution in [3.05, 3.63) is 30.4 Å². The first kappa shape index (κ1) is 22.8. The van der Waals surface area contributed by atoms with Crippen LogP contribution in [0.4, 0.5) is 5.95 Å². The van der Waals surface area contributed by atoms with Crippen molar-refractivity contribution in [3.63, 3.8) is 0 Å². The Balaban J connectivity index is 1.47. The van der Waals surface area contributed by atoms with Crippen LogP contribution in [-0.2, 0) is 16.1 Å². The molecule has 1 amide bonds. The van der Waals surface area contributed by atoms with Gasteiger partial charge in [0.25, 0.3) is 0 Å². The van der Waals surface area contributed by atoms with E-state index in [-0.39, 0.29) is 24.1 Å². The summed E-state index contributed by atoms with van der Waals surface area (Å²) in [5, 5.41) is 25.7. The molecule has 2 atom stereocenters. The number of ether oxygens (including phenoxy) is 1. The maximum Gasteiger partial charge on any atom is 0.241 e. The van der Waals surface area contributed by atoms with E-state index >= 15 is 0 Å². The smallest absolute Gasteiger partial charge is 0.241 e. The second kappa shape index (κ2) is 9.71. The van der Waals surface area contributed by atoms with Crippen LogP contribution in [0.2, 0.25) is 0 Å². The molecule has 3 aromatic rings. The fraction of sp³-hybridized carbons (Fsp3) is 0.583. The molecule has 10 nitrogen and oxygen atoms in total. The number of aromatic nitrogens is 5. The Hall–Kier alpha value is -2.98. The summed E-state index contributed by atoms with van der Waals surface area (Å²) in [5.74, 6) is 0.996. The number of fused-ring (bicyclic) bond motifs is 1. The first-order valence-electron chi connectivity index (χ1n) is 12.1. The van der Waals surface area contributed by atoms with E-state index in [1.165, 1.54) is 0 Å². The van der Waals surface area contributed by atoms with Crippen LogP contribution in [-0.4, -0.2) is 67.3 Å². The van der Waals surface area contributed by atoms with Crippen molar-refractivity contribution in [2.24, 2.45) is 0 Å². The number of carbonyl (C=O) groups is 1. The molecule has 2 fully saturated rings. The average Bonchev–Trinajstić information content (AvgIpc) is 3.53. The lowest BCUT2D eigenvalue weighted by molar-refractivity contribution is -0.119. The molecule has 0 radical (unpaired) electrons. The van der Waals surface area contributed by atoms with Gasteiger partial charge in [0.05, 0.1) is 37.2 Å². The molecule has 1 saturated heterocycles. The SMILES string of the molecule is COC[C@H](C)Nc1ncc2c(-c3cnn(C[C@@H]4CCC(=O)N4)c3)cc(C3CCC(O)CC3)n2n1. The van der Waals surface area contributed by atoms with E-state index < -0.39 is 0 Å².